The van der Waals surface area contributed by atoms with Crippen molar-refractivity contribution in [2.75, 3.05) is 14.2 Å². The van der Waals surface area contributed by atoms with E-state index in [0.29, 0.717) is 22.6 Å². The van der Waals surface area contributed by atoms with Gasteiger partial charge in [0.2, 0.25) is 0 Å². The van der Waals surface area contributed by atoms with E-state index in [-0.39, 0.29) is 0 Å². The van der Waals surface area contributed by atoms with Gasteiger partial charge in [0.15, 0.2) is 11.5 Å². The molecule has 0 bridgehead atoms. The van der Waals surface area contributed by atoms with Gasteiger partial charge in [-0.1, -0.05) is 17.7 Å². The van der Waals surface area contributed by atoms with Crippen molar-refractivity contribution in [3.8, 4) is 17.6 Å². The van der Waals surface area contributed by atoms with Crippen LogP contribution in [-0.2, 0) is 0 Å². The van der Waals surface area contributed by atoms with Crippen molar-refractivity contribution in [3.05, 3.63) is 22.7 Å². The van der Waals surface area contributed by atoms with Gasteiger partial charge in [0.25, 0.3) is 0 Å². The van der Waals surface area contributed by atoms with Crippen LogP contribution in [0.2, 0.25) is 5.02 Å². The molecule has 1 aromatic rings. The molecule has 2 rings (SSSR count). The van der Waals surface area contributed by atoms with Crippen LogP contribution in [0, 0.1) is 11.3 Å². The van der Waals surface area contributed by atoms with E-state index in [0.717, 1.165) is 18.4 Å². The van der Waals surface area contributed by atoms with Gasteiger partial charge < -0.3 is 9.47 Å². The zero-order chi connectivity index (χ0) is 13.1. The molecule has 18 heavy (non-hydrogen) atoms. The molecule has 0 amide bonds. The van der Waals surface area contributed by atoms with Gasteiger partial charge in [-0.05, 0) is 18.9 Å². The van der Waals surface area contributed by atoms with E-state index in [4.69, 9.17) is 21.1 Å². The Labute approximate surface area is 111 Å². The smallest absolute Gasteiger partial charge is 0.179 e. The zero-order valence-electron chi connectivity index (χ0n) is 10.4. The third-order valence-corrected chi connectivity index (χ3v) is 3.32. The number of nitrogens with zero attached hydrogens (tertiary/aromatic N) is 1. The highest BCUT2D eigenvalue weighted by Gasteiger charge is 2.27. The number of ether oxygens (including phenoxy) is 2. The van der Waals surface area contributed by atoms with Gasteiger partial charge in [-0.2, -0.15) is 5.26 Å². The molecule has 0 aliphatic heterocycles. The molecule has 0 saturated heterocycles. The van der Waals surface area contributed by atoms with E-state index in [1.807, 2.05) is 0 Å². The Hall–Kier alpha value is -1.44. The third-order valence-electron chi connectivity index (χ3n) is 2.93. The van der Waals surface area contributed by atoms with Crippen LogP contribution in [0.1, 0.15) is 24.4 Å². The van der Waals surface area contributed by atoms with Gasteiger partial charge in [0, 0.05) is 11.6 Å². The first-order chi connectivity index (χ1) is 8.71. The SMILES string of the molecule is COc1ccc(C(C#N)NC2CC2)c(Cl)c1OC. The Balaban J connectivity index is 2.34. The summed E-state index contributed by atoms with van der Waals surface area (Å²) >= 11 is 6.27. The summed E-state index contributed by atoms with van der Waals surface area (Å²) in [6, 6.07) is 5.81. The van der Waals surface area contributed by atoms with Gasteiger partial charge in [-0.3, -0.25) is 5.32 Å². The van der Waals surface area contributed by atoms with Crippen molar-refractivity contribution in [1.82, 2.24) is 5.32 Å². The van der Waals surface area contributed by atoms with Crippen LogP contribution < -0.4 is 14.8 Å². The maximum atomic E-state index is 9.23. The van der Waals surface area contributed by atoms with E-state index in [1.54, 1.807) is 19.2 Å². The molecule has 1 aliphatic rings. The Morgan fingerprint density at radius 1 is 1.39 bits per heavy atom. The van der Waals surface area contributed by atoms with E-state index >= 15 is 0 Å². The van der Waals surface area contributed by atoms with Crippen LogP contribution in [0.15, 0.2) is 12.1 Å². The minimum atomic E-state index is -0.412. The van der Waals surface area contributed by atoms with Gasteiger partial charge in [-0.25, -0.2) is 0 Å². The summed E-state index contributed by atoms with van der Waals surface area (Å²) in [6.07, 6.45) is 2.23. The summed E-state index contributed by atoms with van der Waals surface area (Å²) in [6.45, 7) is 0. The van der Waals surface area contributed by atoms with Gasteiger partial charge in [0.1, 0.15) is 6.04 Å². The Morgan fingerprint density at radius 3 is 2.61 bits per heavy atom. The van der Waals surface area contributed by atoms with Crippen LogP contribution in [-0.4, -0.2) is 20.3 Å². The van der Waals surface area contributed by atoms with Crippen molar-refractivity contribution >= 4 is 11.6 Å². The lowest BCUT2D eigenvalue weighted by atomic mass is 10.1. The van der Waals surface area contributed by atoms with E-state index in [2.05, 4.69) is 11.4 Å². The van der Waals surface area contributed by atoms with Crippen LogP contribution in [0.25, 0.3) is 0 Å². The highest BCUT2D eigenvalue weighted by molar-refractivity contribution is 6.33. The second kappa shape index (κ2) is 5.47. The lowest BCUT2D eigenvalue weighted by Gasteiger charge is -2.16. The molecular weight excluding hydrogens is 252 g/mol. The number of hydrogen-bond acceptors (Lipinski definition) is 4. The summed E-state index contributed by atoms with van der Waals surface area (Å²) in [5.41, 5.74) is 0.726. The molecule has 1 unspecified atom stereocenters. The highest BCUT2D eigenvalue weighted by Crippen LogP contribution is 2.40. The number of nitriles is 1. The lowest BCUT2D eigenvalue weighted by molar-refractivity contribution is 0.354. The second-order valence-electron chi connectivity index (χ2n) is 4.21. The number of rotatable bonds is 5. The topological polar surface area (TPSA) is 54.3 Å². The van der Waals surface area contributed by atoms with Gasteiger partial charge in [-0.15, -0.1) is 0 Å². The van der Waals surface area contributed by atoms with E-state index < -0.39 is 6.04 Å². The predicted molar refractivity (Wildman–Crippen MR) is 69.1 cm³/mol. The highest BCUT2D eigenvalue weighted by atomic mass is 35.5. The quantitative estimate of drug-likeness (QED) is 0.890. The summed E-state index contributed by atoms with van der Waals surface area (Å²) in [7, 11) is 3.08. The predicted octanol–water partition coefficient (Wildman–Crippen LogP) is 2.67. The minimum absolute atomic E-state index is 0.412. The molecule has 1 fully saturated rings. The fourth-order valence-corrected chi connectivity index (χ4v) is 2.15. The molecule has 1 N–H and O–H groups in total. The van der Waals surface area contributed by atoms with Crippen LogP contribution in [0.5, 0.6) is 11.5 Å². The Morgan fingerprint density at radius 2 is 2.11 bits per heavy atom. The number of methoxy groups -OCH3 is 2. The maximum absolute atomic E-state index is 9.23. The third kappa shape index (κ3) is 2.53. The van der Waals surface area contributed by atoms with Crippen molar-refractivity contribution in [1.29, 1.82) is 5.26 Å². The Kier molecular flexibility index (Phi) is 3.95. The molecule has 1 aromatic carbocycles. The van der Waals surface area contributed by atoms with Crippen LogP contribution in [0.3, 0.4) is 0 Å². The molecule has 0 radical (unpaired) electrons. The van der Waals surface area contributed by atoms with Crippen LogP contribution >= 0.6 is 11.6 Å². The van der Waals surface area contributed by atoms with E-state index in [1.165, 1.54) is 7.11 Å². The average molecular weight is 267 g/mol. The Bertz CT molecular complexity index is 481. The first-order valence-corrected chi connectivity index (χ1v) is 6.15. The zero-order valence-corrected chi connectivity index (χ0v) is 11.1. The molecule has 5 heteroatoms. The summed E-state index contributed by atoms with van der Waals surface area (Å²) in [5.74, 6) is 1.03. The molecule has 0 aromatic heterocycles. The fraction of sp³-hybridized carbons (Fsp3) is 0.462. The first-order valence-electron chi connectivity index (χ1n) is 5.77. The number of benzene rings is 1. The van der Waals surface area contributed by atoms with Gasteiger partial charge >= 0.3 is 0 Å². The molecule has 0 heterocycles. The summed E-state index contributed by atoms with van der Waals surface area (Å²) in [5, 5.41) is 12.9. The second-order valence-corrected chi connectivity index (χ2v) is 4.59. The summed E-state index contributed by atoms with van der Waals surface area (Å²) in [4.78, 5) is 0. The van der Waals surface area contributed by atoms with Crippen molar-refractivity contribution < 1.29 is 9.47 Å². The molecule has 1 atom stereocenters. The molecule has 1 saturated carbocycles. The maximum Gasteiger partial charge on any atom is 0.179 e. The van der Waals surface area contributed by atoms with Crippen molar-refractivity contribution in [2.24, 2.45) is 0 Å². The first kappa shape index (κ1) is 13.0. The molecule has 4 nitrogen and oxygen atoms in total. The number of nitrogens with one attached hydrogen (secondary N) is 1. The summed E-state index contributed by atoms with van der Waals surface area (Å²) < 4.78 is 10.4. The van der Waals surface area contributed by atoms with Crippen molar-refractivity contribution in [2.45, 2.75) is 24.9 Å². The van der Waals surface area contributed by atoms with Crippen molar-refractivity contribution in [3.63, 3.8) is 0 Å². The molecule has 96 valence electrons. The van der Waals surface area contributed by atoms with Gasteiger partial charge in [0.05, 0.1) is 25.3 Å². The molecule has 1 aliphatic carbocycles. The average Bonchev–Trinajstić information content (AvgIpc) is 3.19. The molecule has 0 spiro atoms. The monoisotopic (exact) mass is 266 g/mol. The van der Waals surface area contributed by atoms with Crippen LogP contribution in [0.4, 0.5) is 0 Å². The minimum Gasteiger partial charge on any atom is -0.493 e. The largest absolute Gasteiger partial charge is 0.493 e. The lowest BCUT2D eigenvalue weighted by Crippen LogP contribution is -2.22. The number of hydrogen-bond donors (Lipinski definition) is 1. The number of halogens is 1. The van der Waals surface area contributed by atoms with E-state index in [9.17, 15) is 5.26 Å². The fourth-order valence-electron chi connectivity index (χ4n) is 1.81. The normalized spacial score (nSPS) is 15.9. The standard InChI is InChI=1S/C13H15ClN2O2/c1-17-11-6-5-9(12(14)13(11)18-2)10(7-15)16-8-3-4-8/h5-6,8,10,16H,3-4H2,1-2H3. The molecular formula is C13H15ClN2O2.